The van der Waals surface area contributed by atoms with E-state index in [2.05, 4.69) is 15.4 Å². The van der Waals surface area contributed by atoms with Crippen molar-refractivity contribution in [2.75, 3.05) is 25.0 Å². The van der Waals surface area contributed by atoms with Crippen LogP contribution in [0.2, 0.25) is 0 Å². The lowest BCUT2D eigenvalue weighted by Crippen LogP contribution is -2.23. The molecule has 5 nitrogen and oxygen atoms in total. The molecule has 3 N–H and O–H groups in total. The van der Waals surface area contributed by atoms with Crippen molar-refractivity contribution in [1.82, 2.24) is 10.0 Å². The maximum atomic E-state index is 11.8. The summed E-state index contributed by atoms with van der Waals surface area (Å²) in [7, 11) is -3.35. The van der Waals surface area contributed by atoms with Gasteiger partial charge in [-0.2, -0.15) is 0 Å². The molecule has 1 aliphatic rings. The molecule has 2 rings (SSSR count). The minimum atomic E-state index is -3.35. The number of benzene rings is 1. The van der Waals surface area contributed by atoms with E-state index in [1.165, 1.54) is 6.42 Å². The van der Waals surface area contributed by atoms with Crippen LogP contribution in [-0.4, -0.2) is 34.1 Å². The number of hydrogen-bond acceptors (Lipinski definition) is 4. The van der Waals surface area contributed by atoms with Crippen LogP contribution in [0.25, 0.3) is 0 Å². The molecule has 0 spiro atoms. The highest BCUT2D eigenvalue weighted by molar-refractivity contribution is 7.89. The molecule has 0 bridgehead atoms. The summed E-state index contributed by atoms with van der Waals surface area (Å²) in [6, 6.07) is 7.43. The van der Waals surface area contributed by atoms with Gasteiger partial charge in [0.05, 0.1) is 4.90 Å². The van der Waals surface area contributed by atoms with Gasteiger partial charge in [0.15, 0.2) is 0 Å². The summed E-state index contributed by atoms with van der Waals surface area (Å²) in [5, 5.41) is 6.85. The van der Waals surface area contributed by atoms with E-state index in [0.717, 1.165) is 31.6 Å². The van der Waals surface area contributed by atoms with Crippen molar-refractivity contribution >= 4 is 15.7 Å². The molecular weight excluding hydrogens is 274 g/mol. The Morgan fingerprint density at radius 2 is 1.95 bits per heavy atom. The molecule has 1 aliphatic heterocycles. The van der Waals surface area contributed by atoms with E-state index < -0.39 is 10.0 Å². The number of anilines is 1. The first-order valence-electron chi connectivity index (χ1n) is 7.19. The minimum Gasteiger partial charge on any atom is -0.382 e. The number of sulfonamides is 1. The standard InChI is InChI=1S/C14H23N3O2S/c1-2-16-20(18,19)14-7-5-13(6-8-14)17-12-4-3-10-15-11-9-12/h5-8,12,15-17H,2-4,9-11H2,1H3. The molecule has 1 aromatic rings. The van der Waals surface area contributed by atoms with Crippen LogP contribution in [0, 0.1) is 0 Å². The first-order valence-corrected chi connectivity index (χ1v) is 8.67. The lowest BCUT2D eigenvalue weighted by Gasteiger charge is -2.17. The molecule has 1 unspecified atom stereocenters. The molecule has 1 heterocycles. The van der Waals surface area contributed by atoms with Crippen molar-refractivity contribution in [2.45, 2.75) is 37.1 Å². The lowest BCUT2D eigenvalue weighted by atomic mass is 10.1. The summed E-state index contributed by atoms with van der Waals surface area (Å²) in [5.41, 5.74) is 0.979. The molecule has 1 fully saturated rings. The lowest BCUT2D eigenvalue weighted by molar-refractivity contribution is 0.584. The smallest absolute Gasteiger partial charge is 0.240 e. The van der Waals surface area contributed by atoms with Crippen molar-refractivity contribution in [2.24, 2.45) is 0 Å². The molecule has 20 heavy (non-hydrogen) atoms. The van der Waals surface area contributed by atoms with E-state index in [-0.39, 0.29) is 0 Å². The summed E-state index contributed by atoms with van der Waals surface area (Å²) in [4.78, 5) is 0.312. The van der Waals surface area contributed by atoms with Crippen molar-refractivity contribution in [3.63, 3.8) is 0 Å². The molecule has 0 saturated carbocycles. The van der Waals surface area contributed by atoms with Crippen LogP contribution in [0.1, 0.15) is 26.2 Å². The summed E-state index contributed by atoms with van der Waals surface area (Å²) in [5.74, 6) is 0. The van der Waals surface area contributed by atoms with Gasteiger partial charge in [-0.25, -0.2) is 13.1 Å². The predicted molar refractivity (Wildman–Crippen MR) is 81.4 cm³/mol. The van der Waals surface area contributed by atoms with Crippen LogP contribution in [0.4, 0.5) is 5.69 Å². The summed E-state index contributed by atoms with van der Waals surface area (Å²) in [6.07, 6.45) is 3.41. The van der Waals surface area contributed by atoms with E-state index in [1.54, 1.807) is 19.1 Å². The average molecular weight is 297 g/mol. The number of hydrogen-bond donors (Lipinski definition) is 3. The van der Waals surface area contributed by atoms with Crippen LogP contribution in [0.3, 0.4) is 0 Å². The van der Waals surface area contributed by atoms with Crippen molar-refractivity contribution in [3.8, 4) is 0 Å². The van der Waals surface area contributed by atoms with Crippen LogP contribution in [0.15, 0.2) is 29.2 Å². The second-order valence-electron chi connectivity index (χ2n) is 5.05. The maximum absolute atomic E-state index is 11.8. The molecule has 1 aromatic carbocycles. The average Bonchev–Trinajstić information content (AvgIpc) is 2.68. The number of nitrogens with one attached hydrogen (secondary N) is 3. The molecule has 0 amide bonds. The Labute approximate surface area is 121 Å². The van der Waals surface area contributed by atoms with Gasteiger partial charge in [-0.15, -0.1) is 0 Å². The van der Waals surface area contributed by atoms with Crippen molar-refractivity contribution < 1.29 is 8.42 Å². The van der Waals surface area contributed by atoms with Crippen LogP contribution < -0.4 is 15.4 Å². The van der Waals surface area contributed by atoms with Gasteiger partial charge in [0, 0.05) is 18.3 Å². The Kier molecular flexibility index (Phi) is 5.39. The van der Waals surface area contributed by atoms with Gasteiger partial charge in [-0.05, 0) is 56.6 Å². The van der Waals surface area contributed by atoms with E-state index >= 15 is 0 Å². The van der Waals surface area contributed by atoms with Gasteiger partial charge in [0.25, 0.3) is 0 Å². The molecule has 0 radical (unpaired) electrons. The predicted octanol–water partition coefficient (Wildman–Crippen LogP) is 1.54. The maximum Gasteiger partial charge on any atom is 0.240 e. The highest BCUT2D eigenvalue weighted by Crippen LogP contribution is 2.17. The first kappa shape index (κ1) is 15.3. The second kappa shape index (κ2) is 7.06. The van der Waals surface area contributed by atoms with Gasteiger partial charge in [-0.3, -0.25) is 0 Å². The fraction of sp³-hybridized carbons (Fsp3) is 0.571. The zero-order valence-corrected chi connectivity index (χ0v) is 12.7. The van der Waals surface area contributed by atoms with Gasteiger partial charge in [0.2, 0.25) is 10.0 Å². The van der Waals surface area contributed by atoms with Gasteiger partial charge in [0.1, 0.15) is 0 Å². The Balaban J connectivity index is 2.01. The topological polar surface area (TPSA) is 70.2 Å². The second-order valence-corrected chi connectivity index (χ2v) is 6.81. The van der Waals surface area contributed by atoms with E-state index in [4.69, 9.17) is 0 Å². The van der Waals surface area contributed by atoms with Gasteiger partial charge >= 0.3 is 0 Å². The highest BCUT2D eigenvalue weighted by atomic mass is 32.2. The molecule has 0 aliphatic carbocycles. The largest absolute Gasteiger partial charge is 0.382 e. The van der Waals surface area contributed by atoms with E-state index in [9.17, 15) is 8.42 Å². The zero-order valence-electron chi connectivity index (χ0n) is 11.9. The summed E-state index contributed by atoms with van der Waals surface area (Å²) in [6.45, 7) is 4.29. The monoisotopic (exact) mass is 297 g/mol. The van der Waals surface area contributed by atoms with E-state index in [0.29, 0.717) is 17.5 Å². The SMILES string of the molecule is CCNS(=O)(=O)c1ccc(NC2CCCNCC2)cc1. The first-order chi connectivity index (χ1) is 9.62. The Morgan fingerprint density at radius 3 is 2.65 bits per heavy atom. The minimum absolute atomic E-state index is 0.312. The van der Waals surface area contributed by atoms with Crippen LogP contribution in [0.5, 0.6) is 0 Å². The molecular formula is C14H23N3O2S. The molecule has 6 heteroatoms. The molecule has 112 valence electrons. The molecule has 0 aromatic heterocycles. The molecule has 1 saturated heterocycles. The third-order valence-corrected chi connectivity index (χ3v) is 5.01. The van der Waals surface area contributed by atoms with Gasteiger partial charge in [-0.1, -0.05) is 6.92 Å². The Hall–Kier alpha value is -1.11. The summed E-state index contributed by atoms with van der Waals surface area (Å²) >= 11 is 0. The third-order valence-electron chi connectivity index (χ3n) is 3.45. The molecule has 1 atom stereocenters. The third kappa shape index (κ3) is 4.19. The van der Waals surface area contributed by atoms with E-state index in [1.807, 2.05) is 12.1 Å². The highest BCUT2D eigenvalue weighted by Gasteiger charge is 2.14. The Bertz CT molecular complexity index is 506. The fourth-order valence-corrected chi connectivity index (χ4v) is 3.44. The van der Waals surface area contributed by atoms with Crippen LogP contribution >= 0.6 is 0 Å². The van der Waals surface area contributed by atoms with Crippen molar-refractivity contribution in [3.05, 3.63) is 24.3 Å². The fourth-order valence-electron chi connectivity index (χ4n) is 2.40. The quantitative estimate of drug-likeness (QED) is 0.771. The normalized spacial score (nSPS) is 20.4. The van der Waals surface area contributed by atoms with Crippen molar-refractivity contribution in [1.29, 1.82) is 0 Å². The zero-order chi connectivity index (χ0) is 14.4. The summed E-state index contributed by atoms with van der Waals surface area (Å²) < 4.78 is 26.2. The Morgan fingerprint density at radius 1 is 1.20 bits per heavy atom. The number of rotatable bonds is 5. The van der Waals surface area contributed by atoms with Gasteiger partial charge < -0.3 is 10.6 Å². The van der Waals surface area contributed by atoms with Crippen LogP contribution in [-0.2, 0) is 10.0 Å².